The number of para-hydroxylation sites is 3. The number of allylic oxidation sites excluding steroid dienone is 5. The second-order valence-electron chi connectivity index (χ2n) is 26.3. The largest absolute Gasteiger partial charge is 0.399 e. The summed E-state index contributed by atoms with van der Waals surface area (Å²) in [6.45, 7) is 0. The molecule has 0 aliphatic heterocycles. The molecule has 108 heavy (non-hydrogen) atoms. The standard InChI is InChI=1S/2C32H29N3.C31H28N4.3CH3/c2*33-28-14-6-24(7-15-28)22-25-10-18-31(19-11-25)35-32-20-12-27(13-21-32)23-26-8-16-30(17-9-26)34-29-4-2-1-3-5-29;32-25-10-6-23(7-11-25)22-24-8-12-27(13-9-24)34-29-18-20-31(21-19-29)35-30-16-14-28(15-17-30)33-26-4-2-1-3-5-26;;;/h1-21,34-35H,22-23,33H2;1-21,23,30,34-35H,22,33H2;1-21,28,33-34H,22,32H2;3*1H3/q;;;3*-1/p+1. The van der Waals surface area contributed by atoms with Crippen LogP contribution in [0.5, 0.6) is 0 Å². The molecule has 0 atom stereocenters. The molecule has 0 spiro atoms. The van der Waals surface area contributed by atoms with Gasteiger partial charge >= 0.3 is 0 Å². The van der Waals surface area contributed by atoms with Crippen LogP contribution >= 0.6 is 0 Å². The molecule has 0 heterocycles. The molecular formula is C98H96N10-2. The Morgan fingerprint density at radius 3 is 0.898 bits per heavy atom. The van der Waals surface area contributed by atoms with Gasteiger partial charge in [-0.1, -0.05) is 188 Å². The molecule has 13 aromatic rings. The van der Waals surface area contributed by atoms with Crippen LogP contribution in [0, 0.1) is 22.3 Å². The highest BCUT2D eigenvalue weighted by molar-refractivity contribution is 6.06. The van der Waals surface area contributed by atoms with Crippen LogP contribution in [-0.4, -0.2) is 17.8 Å². The maximum atomic E-state index is 5.78. The predicted molar refractivity (Wildman–Crippen MR) is 465 cm³/mol. The van der Waals surface area contributed by atoms with Gasteiger partial charge in [-0.3, -0.25) is 0 Å². The van der Waals surface area contributed by atoms with Gasteiger partial charge in [0.15, 0.2) is 0 Å². The molecule has 15 rings (SSSR count). The lowest BCUT2D eigenvalue weighted by Gasteiger charge is -2.15. The van der Waals surface area contributed by atoms with Crippen LogP contribution in [0.3, 0.4) is 0 Å². The van der Waals surface area contributed by atoms with E-state index in [9.17, 15) is 0 Å². The van der Waals surface area contributed by atoms with Crippen molar-refractivity contribution in [2.24, 2.45) is 4.99 Å². The highest BCUT2D eigenvalue weighted by Crippen LogP contribution is 2.27. The molecule has 0 radical (unpaired) electrons. The van der Waals surface area contributed by atoms with Gasteiger partial charge in [-0.2, -0.15) is 0 Å². The molecule has 0 saturated carbocycles. The van der Waals surface area contributed by atoms with Crippen molar-refractivity contribution in [3.63, 3.8) is 0 Å². The number of aliphatic imine (C=N–C) groups is 1. The first-order valence-corrected chi connectivity index (χ1v) is 35.6. The van der Waals surface area contributed by atoms with E-state index in [-0.39, 0.29) is 28.3 Å². The number of hydrogen-bond donors (Lipinski definition) is 9. The zero-order chi connectivity index (χ0) is 71.6. The van der Waals surface area contributed by atoms with Crippen molar-refractivity contribution < 1.29 is 5.32 Å². The van der Waals surface area contributed by atoms with Crippen molar-refractivity contribution in [1.82, 2.24) is 0 Å². The lowest BCUT2D eigenvalue weighted by molar-refractivity contribution is -0.587. The molecule has 10 heteroatoms. The lowest BCUT2D eigenvalue weighted by atomic mass is 10.0. The minimum Gasteiger partial charge on any atom is -0.399 e. The van der Waals surface area contributed by atoms with E-state index in [0.717, 1.165) is 105 Å². The zero-order valence-electron chi connectivity index (χ0n) is 61.7. The van der Waals surface area contributed by atoms with Crippen LogP contribution in [0.2, 0.25) is 0 Å². The molecule has 0 unspecified atom stereocenters. The number of quaternary nitrogens is 1. The summed E-state index contributed by atoms with van der Waals surface area (Å²) < 4.78 is 0. The number of nitrogens with two attached hydrogens (primary N) is 4. The first-order valence-electron chi connectivity index (χ1n) is 35.6. The topological polar surface area (TPSA) is 167 Å². The van der Waals surface area contributed by atoms with Gasteiger partial charge in [-0.25, -0.2) is 4.99 Å². The van der Waals surface area contributed by atoms with E-state index in [1.165, 1.54) is 61.3 Å². The Bertz CT molecular complexity index is 4790. The van der Waals surface area contributed by atoms with Crippen molar-refractivity contribution in [3.05, 3.63) is 460 Å². The number of anilines is 12. The van der Waals surface area contributed by atoms with Crippen LogP contribution in [0.25, 0.3) is 6.08 Å². The Balaban J connectivity index is 0.000000170. The van der Waals surface area contributed by atoms with Crippen LogP contribution < -0.4 is 49.1 Å². The second-order valence-corrected chi connectivity index (χ2v) is 26.3. The smallest absolute Gasteiger partial charge is 0.130 e. The highest BCUT2D eigenvalue weighted by Gasteiger charge is 2.11. The van der Waals surface area contributed by atoms with Gasteiger partial charge in [0.2, 0.25) is 0 Å². The van der Waals surface area contributed by atoms with Gasteiger partial charge in [-0.05, 0) is 282 Å². The van der Waals surface area contributed by atoms with E-state index >= 15 is 0 Å². The minimum absolute atomic E-state index is 0. The summed E-state index contributed by atoms with van der Waals surface area (Å²) in [4.78, 5) is 4.74. The molecule has 13 aromatic carbocycles. The van der Waals surface area contributed by atoms with Crippen LogP contribution in [0.1, 0.15) is 50.1 Å². The van der Waals surface area contributed by atoms with Crippen molar-refractivity contribution >= 4 is 91.4 Å². The number of nitrogens with one attached hydrogen (secondary N) is 5. The molecule has 0 amide bonds. The van der Waals surface area contributed by atoms with Crippen molar-refractivity contribution in [2.75, 3.05) is 43.8 Å². The fraction of sp³-hybridized carbons (Fsp3) is 0.0612. The maximum Gasteiger partial charge on any atom is 0.130 e. The van der Waals surface area contributed by atoms with Crippen molar-refractivity contribution in [1.29, 1.82) is 0 Å². The van der Waals surface area contributed by atoms with Gasteiger partial charge < -0.3 is 71.4 Å². The van der Waals surface area contributed by atoms with Crippen molar-refractivity contribution in [3.8, 4) is 0 Å². The Morgan fingerprint density at radius 1 is 0.287 bits per heavy atom. The Hall–Kier alpha value is -13.4. The molecule has 0 bridgehead atoms. The SMILES string of the molecule is Nc1ccc(Cc2ccc(Nc3ccc(C=C4C=CC([NH2+]c5ccccc5)C=C4)cc3)cc2)cc1.Nc1ccc(Cc2ccc(Nc3ccc(Cc4ccc(Nc5ccccc5)cc4)cc3)cc2)cc1.Nc1ccc(Cc2ccc(Nc3ccc(N=C4C=CC(Nc5ccccc5)C=C4)cc3)cc2)cc1.[CH3-].[CH3-].[CH3-]. The first-order chi connectivity index (χ1) is 51.6. The molecule has 2 aliphatic rings. The van der Waals surface area contributed by atoms with Crippen LogP contribution in [0.4, 0.5) is 79.6 Å². The van der Waals surface area contributed by atoms with E-state index in [0.29, 0.717) is 6.04 Å². The Morgan fingerprint density at radius 2 is 0.565 bits per heavy atom. The summed E-state index contributed by atoms with van der Waals surface area (Å²) >= 11 is 0. The maximum absolute atomic E-state index is 5.78. The fourth-order valence-corrected chi connectivity index (χ4v) is 12.2. The summed E-state index contributed by atoms with van der Waals surface area (Å²) in [6, 6.07) is 115. The lowest BCUT2D eigenvalue weighted by Crippen LogP contribution is -2.83. The van der Waals surface area contributed by atoms with E-state index in [4.69, 9.17) is 22.2 Å². The second kappa shape index (κ2) is 39.5. The number of hydrogen-bond acceptors (Lipinski definition) is 9. The summed E-state index contributed by atoms with van der Waals surface area (Å²) in [7, 11) is 0. The monoisotopic (exact) mass is 1410 g/mol. The average Bonchev–Trinajstić information content (AvgIpc) is 0.879. The molecule has 2 aliphatic carbocycles. The third-order valence-corrected chi connectivity index (χ3v) is 17.9. The number of nitrogens with zero attached hydrogens (tertiary/aromatic N) is 1. The Kier molecular flexibility index (Phi) is 28.2. The predicted octanol–water partition coefficient (Wildman–Crippen LogP) is 22.9. The van der Waals surface area contributed by atoms with Gasteiger partial charge in [0.05, 0.1) is 17.4 Å². The highest BCUT2D eigenvalue weighted by atomic mass is 14.9. The van der Waals surface area contributed by atoms with E-state index < -0.39 is 0 Å². The molecule has 0 fully saturated rings. The summed E-state index contributed by atoms with van der Waals surface area (Å²) in [5.41, 5.74) is 45.1. The normalized spacial score (nSPS) is 12.9. The van der Waals surface area contributed by atoms with Gasteiger partial charge in [-0.15, -0.1) is 0 Å². The summed E-state index contributed by atoms with van der Waals surface area (Å²) in [6.07, 6.45) is 23.0. The van der Waals surface area contributed by atoms with E-state index in [1.807, 2.05) is 91.0 Å². The molecule has 0 saturated heterocycles. The summed E-state index contributed by atoms with van der Waals surface area (Å²) in [5.74, 6) is 0. The van der Waals surface area contributed by atoms with Gasteiger partial charge in [0, 0.05) is 68.2 Å². The fourth-order valence-electron chi connectivity index (χ4n) is 12.2. The minimum atomic E-state index is 0. The molecule has 10 nitrogen and oxygen atoms in total. The van der Waals surface area contributed by atoms with Gasteiger partial charge in [0.25, 0.3) is 0 Å². The van der Waals surface area contributed by atoms with E-state index in [2.05, 4.69) is 329 Å². The van der Waals surface area contributed by atoms with Gasteiger partial charge in [0.1, 0.15) is 11.7 Å². The average molecular weight is 1410 g/mol. The quantitative estimate of drug-likeness (QED) is 0.0239. The van der Waals surface area contributed by atoms with Crippen molar-refractivity contribution in [2.45, 2.75) is 37.8 Å². The molecular weight excluding hydrogens is 1320 g/mol. The third kappa shape index (κ3) is 24.4. The van der Waals surface area contributed by atoms with E-state index in [1.54, 1.807) is 0 Å². The zero-order valence-corrected chi connectivity index (χ0v) is 61.7. The molecule has 540 valence electrons. The van der Waals surface area contributed by atoms with Crippen LogP contribution in [0.15, 0.2) is 393 Å². The summed E-state index contributed by atoms with van der Waals surface area (Å²) in [5, 5.41) is 19.6. The first kappa shape index (κ1) is 77.2. The number of nitrogen functional groups attached to an aromatic ring is 3. The van der Waals surface area contributed by atoms with Crippen LogP contribution in [-0.2, 0) is 25.7 Å². The number of benzene rings is 13. The molecule has 13 N–H and O–H groups in total. The molecule has 0 aromatic heterocycles. The number of rotatable bonds is 22. The Labute approximate surface area is 639 Å². The third-order valence-electron chi connectivity index (χ3n) is 17.9.